The van der Waals surface area contributed by atoms with E-state index in [2.05, 4.69) is 11.9 Å². The summed E-state index contributed by atoms with van der Waals surface area (Å²) in [6, 6.07) is 9.24. The molecule has 0 aliphatic carbocycles. The summed E-state index contributed by atoms with van der Waals surface area (Å²) in [7, 11) is 0. The molecule has 0 unspecified atom stereocenters. The molecule has 0 amide bonds. The molecule has 0 fully saturated rings. The maximum absolute atomic E-state index is 10.9. The van der Waals surface area contributed by atoms with Gasteiger partial charge in [-0.3, -0.25) is 0 Å². The molecule has 1 aromatic carbocycles. The predicted octanol–water partition coefficient (Wildman–Crippen LogP) is 2.04. The predicted molar refractivity (Wildman–Crippen MR) is 64.0 cm³/mol. The number of hydrogen-bond donors (Lipinski definition) is 3. The molecular weight excluding hydrogens is 218 g/mol. The van der Waals surface area contributed by atoms with E-state index in [0.717, 1.165) is 5.56 Å². The van der Waals surface area contributed by atoms with Gasteiger partial charge in [-0.1, -0.05) is 36.9 Å². The molecule has 1 aliphatic rings. The molecule has 0 atom stereocenters. The van der Waals surface area contributed by atoms with Gasteiger partial charge in [-0.05, 0) is 11.6 Å². The number of benzene rings is 1. The van der Waals surface area contributed by atoms with Crippen molar-refractivity contribution in [3.8, 4) is 0 Å². The highest BCUT2D eigenvalue weighted by molar-refractivity contribution is 5.92. The fourth-order valence-electron chi connectivity index (χ4n) is 1.56. The van der Waals surface area contributed by atoms with Crippen LogP contribution in [0, 0.1) is 0 Å². The number of nitrogens with one attached hydrogen (secondary N) is 1. The fraction of sp³-hybridized carbons (Fsp3) is 0. The van der Waals surface area contributed by atoms with Crippen LogP contribution in [0.3, 0.4) is 0 Å². The molecule has 1 aromatic rings. The molecule has 1 aliphatic heterocycles. The number of carbonyl (C=O) groups is 1. The maximum atomic E-state index is 10.9. The molecule has 17 heavy (non-hydrogen) atoms. The number of aliphatic hydroxyl groups is 1. The highest BCUT2D eigenvalue weighted by Crippen LogP contribution is 2.24. The fourth-order valence-corrected chi connectivity index (χ4v) is 1.56. The SMILES string of the molecule is C=C1C=C(c2ccccc2)NC(C(=O)O)=C1O. The van der Waals surface area contributed by atoms with Crippen molar-refractivity contribution in [3.63, 3.8) is 0 Å². The van der Waals surface area contributed by atoms with E-state index in [-0.39, 0.29) is 17.0 Å². The second-order valence-corrected chi connectivity index (χ2v) is 3.60. The Bertz CT molecular complexity index is 541. The van der Waals surface area contributed by atoms with Crippen LogP contribution in [-0.2, 0) is 4.79 Å². The van der Waals surface area contributed by atoms with E-state index >= 15 is 0 Å². The monoisotopic (exact) mass is 229 g/mol. The zero-order valence-corrected chi connectivity index (χ0v) is 8.97. The summed E-state index contributed by atoms with van der Waals surface area (Å²) in [5.41, 5.74) is 1.46. The molecule has 86 valence electrons. The summed E-state index contributed by atoms with van der Waals surface area (Å²) in [6.45, 7) is 3.62. The van der Waals surface area contributed by atoms with Crippen molar-refractivity contribution in [1.82, 2.24) is 5.32 Å². The van der Waals surface area contributed by atoms with Gasteiger partial charge < -0.3 is 15.5 Å². The minimum Gasteiger partial charge on any atom is -0.505 e. The van der Waals surface area contributed by atoms with Crippen LogP contribution < -0.4 is 5.32 Å². The van der Waals surface area contributed by atoms with E-state index in [4.69, 9.17) is 5.11 Å². The number of aliphatic carboxylic acids is 1. The largest absolute Gasteiger partial charge is 0.505 e. The molecule has 0 bridgehead atoms. The van der Waals surface area contributed by atoms with Crippen molar-refractivity contribution in [3.05, 3.63) is 65.6 Å². The number of aliphatic hydroxyl groups excluding tert-OH is 1. The number of hydrogen-bond acceptors (Lipinski definition) is 3. The van der Waals surface area contributed by atoms with Crippen molar-refractivity contribution in [2.45, 2.75) is 0 Å². The zero-order valence-electron chi connectivity index (χ0n) is 8.97. The lowest BCUT2D eigenvalue weighted by Crippen LogP contribution is -2.24. The highest BCUT2D eigenvalue weighted by Gasteiger charge is 2.21. The van der Waals surface area contributed by atoms with Crippen molar-refractivity contribution >= 4 is 11.7 Å². The normalized spacial score (nSPS) is 15.3. The summed E-state index contributed by atoms with van der Waals surface area (Å²) in [6.07, 6.45) is 1.61. The third-order valence-corrected chi connectivity index (χ3v) is 2.42. The van der Waals surface area contributed by atoms with Gasteiger partial charge in [0.25, 0.3) is 0 Å². The summed E-state index contributed by atoms with van der Waals surface area (Å²) < 4.78 is 0. The van der Waals surface area contributed by atoms with Crippen LogP contribution in [-0.4, -0.2) is 16.2 Å². The van der Waals surface area contributed by atoms with Gasteiger partial charge in [0.1, 0.15) is 0 Å². The highest BCUT2D eigenvalue weighted by atomic mass is 16.4. The van der Waals surface area contributed by atoms with Crippen LogP contribution in [0.2, 0.25) is 0 Å². The molecule has 0 saturated carbocycles. The Balaban J connectivity index is 2.40. The first-order valence-electron chi connectivity index (χ1n) is 4.99. The number of dihydropyridines is 1. The molecule has 4 heteroatoms. The molecule has 2 rings (SSSR count). The molecule has 0 spiro atoms. The molecule has 1 heterocycles. The van der Waals surface area contributed by atoms with Crippen LogP contribution in [0.15, 0.2) is 60.0 Å². The van der Waals surface area contributed by atoms with Gasteiger partial charge in [-0.15, -0.1) is 0 Å². The summed E-state index contributed by atoms with van der Waals surface area (Å²) in [5.74, 6) is -1.55. The second-order valence-electron chi connectivity index (χ2n) is 3.60. The first-order chi connectivity index (χ1) is 8.09. The lowest BCUT2D eigenvalue weighted by Gasteiger charge is -2.18. The van der Waals surface area contributed by atoms with E-state index in [1.165, 1.54) is 0 Å². The quantitative estimate of drug-likeness (QED) is 0.725. The van der Waals surface area contributed by atoms with Gasteiger partial charge in [0, 0.05) is 11.3 Å². The average Bonchev–Trinajstić information content (AvgIpc) is 2.33. The first kappa shape index (κ1) is 11.0. The first-order valence-corrected chi connectivity index (χ1v) is 4.99. The molecule has 0 aromatic heterocycles. The molecule has 3 N–H and O–H groups in total. The molecular formula is C13H11NO3. The Morgan fingerprint density at radius 2 is 1.88 bits per heavy atom. The zero-order chi connectivity index (χ0) is 12.4. The Labute approximate surface area is 98.2 Å². The van der Waals surface area contributed by atoms with E-state index in [9.17, 15) is 9.90 Å². The summed E-state index contributed by atoms with van der Waals surface area (Å²) >= 11 is 0. The van der Waals surface area contributed by atoms with E-state index in [0.29, 0.717) is 5.70 Å². The number of allylic oxidation sites excluding steroid dienone is 1. The van der Waals surface area contributed by atoms with Gasteiger partial charge in [-0.2, -0.15) is 0 Å². The van der Waals surface area contributed by atoms with Crippen LogP contribution in [0.5, 0.6) is 0 Å². The Kier molecular flexibility index (Phi) is 2.70. The standard InChI is InChI=1S/C13H11NO3/c1-8-7-10(9-5-3-2-4-6-9)14-11(12(8)15)13(16)17/h2-7,14-15H,1H2,(H,16,17). The number of carboxylic acids is 1. The average molecular weight is 229 g/mol. The van der Waals surface area contributed by atoms with E-state index in [1.54, 1.807) is 6.08 Å². The van der Waals surface area contributed by atoms with Crippen LogP contribution in [0.25, 0.3) is 5.70 Å². The van der Waals surface area contributed by atoms with Crippen molar-refractivity contribution in [2.24, 2.45) is 0 Å². The number of rotatable bonds is 2. The lowest BCUT2D eigenvalue weighted by molar-refractivity contribution is -0.133. The van der Waals surface area contributed by atoms with Crippen LogP contribution in [0.1, 0.15) is 5.56 Å². The molecule has 0 saturated heterocycles. The Morgan fingerprint density at radius 1 is 1.24 bits per heavy atom. The topological polar surface area (TPSA) is 69.6 Å². The van der Waals surface area contributed by atoms with Crippen molar-refractivity contribution in [1.29, 1.82) is 0 Å². The van der Waals surface area contributed by atoms with Crippen LogP contribution >= 0.6 is 0 Å². The minimum atomic E-state index is -1.22. The Morgan fingerprint density at radius 3 is 2.47 bits per heavy atom. The molecule has 4 nitrogen and oxygen atoms in total. The van der Waals surface area contributed by atoms with Crippen LogP contribution in [0.4, 0.5) is 0 Å². The number of carboxylic acid groups (broad SMARTS) is 1. The minimum absolute atomic E-state index is 0.253. The summed E-state index contributed by atoms with van der Waals surface area (Å²) in [5, 5.41) is 21.2. The van der Waals surface area contributed by atoms with E-state index < -0.39 is 5.97 Å². The second kappa shape index (κ2) is 4.17. The van der Waals surface area contributed by atoms with Crippen molar-refractivity contribution in [2.75, 3.05) is 0 Å². The van der Waals surface area contributed by atoms with Gasteiger partial charge in [0.15, 0.2) is 11.5 Å². The van der Waals surface area contributed by atoms with Gasteiger partial charge in [0.05, 0.1) is 0 Å². The van der Waals surface area contributed by atoms with E-state index in [1.807, 2.05) is 30.3 Å². The smallest absolute Gasteiger partial charge is 0.356 e. The van der Waals surface area contributed by atoms with Gasteiger partial charge >= 0.3 is 5.97 Å². The lowest BCUT2D eigenvalue weighted by atomic mass is 10.0. The third kappa shape index (κ3) is 2.06. The van der Waals surface area contributed by atoms with Gasteiger partial charge in [0.2, 0.25) is 0 Å². The van der Waals surface area contributed by atoms with Crippen molar-refractivity contribution < 1.29 is 15.0 Å². The summed E-state index contributed by atoms with van der Waals surface area (Å²) in [4.78, 5) is 10.9. The molecule has 0 radical (unpaired) electrons. The third-order valence-electron chi connectivity index (χ3n) is 2.42. The Hall–Kier alpha value is -2.49. The van der Waals surface area contributed by atoms with Gasteiger partial charge in [-0.25, -0.2) is 4.79 Å². The maximum Gasteiger partial charge on any atom is 0.356 e.